The van der Waals surface area contributed by atoms with Crippen LogP contribution in [0.1, 0.15) is 6.92 Å². The van der Waals surface area contributed by atoms with E-state index in [2.05, 4.69) is 10.3 Å². The molecule has 0 bridgehead atoms. The minimum atomic E-state index is -0.832. The monoisotopic (exact) mass is 266 g/mol. The van der Waals surface area contributed by atoms with Crippen LogP contribution in [-0.2, 0) is 11.3 Å². The third-order valence-electron chi connectivity index (χ3n) is 3.42. The topological polar surface area (TPSA) is 87.5 Å². The lowest BCUT2D eigenvalue weighted by molar-refractivity contribution is -0.142. The predicted molar refractivity (Wildman–Crippen MR) is 67.5 cm³/mol. The highest BCUT2D eigenvalue weighted by molar-refractivity contribution is 5.77. The zero-order valence-electron chi connectivity index (χ0n) is 10.8. The van der Waals surface area contributed by atoms with Gasteiger partial charge in [0, 0.05) is 38.6 Å². The Hall–Kier alpha value is -2.05. The summed E-state index contributed by atoms with van der Waals surface area (Å²) in [6, 6.07) is -0.198. The van der Waals surface area contributed by atoms with Crippen LogP contribution < -0.4 is 5.32 Å². The SMILES string of the molecule is C[C@@H]1CN(C(=O)NCCn2ccnc2)C[C@H]1C(=O)O. The maximum Gasteiger partial charge on any atom is 0.317 e. The first-order valence-corrected chi connectivity index (χ1v) is 6.29. The molecular formula is C12H18N4O3. The maximum absolute atomic E-state index is 11.9. The second kappa shape index (κ2) is 5.73. The number of rotatable bonds is 4. The van der Waals surface area contributed by atoms with E-state index in [1.165, 1.54) is 0 Å². The van der Waals surface area contributed by atoms with E-state index in [0.29, 0.717) is 19.6 Å². The molecule has 1 aromatic heterocycles. The number of carboxylic acid groups (broad SMARTS) is 1. The van der Waals surface area contributed by atoms with Crippen molar-refractivity contribution in [3.8, 4) is 0 Å². The Kier molecular flexibility index (Phi) is 4.03. The fourth-order valence-corrected chi connectivity index (χ4v) is 2.28. The lowest BCUT2D eigenvalue weighted by Gasteiger charge is -2.16. The molecule has 19 heavy (non-hydrogen) atoms. The Bertz CT molecular complexity index is 446. The molecule has 1 aliphatic rings. The molecule has 7 heteroatoms. The molecule has 2 N–H and O–H groups in total. The van der Waals surface area contributed by atoms with Crippen molar-refractivity contribution in [1.29, 1.82) is 0 Å². The summed E-state index contributed by atoms with van der Waals surface area (Å²) in [6.07, 6.45) is 5.19. The highest BCUT2D eigenvalue weighted by atomic mass is 16.4. The van der Waals surface area contributed by atoms with E-state index >= 15 is 0 Å². The minimum Gasteiger partial charge on any atom is -0.481 e. The Morgan fingerprint density at radius 1 is 1.47 bits per heavy atom. The van der Waals surface area contributed by atoms with E-state index < -0.39 is 11.9 Å². The fourth-order valence-electron chi connectivity index (χ4n) is 2.28. The number of carboxylic acids is 1. The quantitative estimate of drug-likeness (QED) is 0.817. The van der Waals surface area contributed by atoms with Gasteiger partial charge in [-0.05, 0) is 5.92 Å². The van der Waals surface area contributed by atoms with Crippen LogP contribution in [-0.4, -0.2) is 51.2 Å². The molecule has 1 saturated heterocycles. The van der Waals surface area contributed by atoms with Gasteiger partial charge in [-0.2, -0.15) is 0 Å². The Morgan fingerprint density at radius 3 is 2.84 bits per heavy atom. The second-order valence-electron chi connectivity index (χ2n) is 4.86. The van der Waals surface area contributed by atoms with Gasteiger partial charge in [-0.1, -0.05) is 6.92 Å². The molecule has 0 saturated carbocycles. The summed E-state index contributed by atoms with van der Waals surface area (Å²) in [5.41, 5.74) is 0. The molecule has 0 unspecified atom stereocenters. The lowest BCUT2D eigenvalue weighted by atomic mass is 9.99. The fraction of sp³-hybridized carbons (Fsp3) is 0.583. The van der Waals surface area contributed by atoms with Crippen molar-refractivity contribution < 1.29 is 14.7 Å². The van der Waals surface area contributed by atoms with E-state index in [1.807, 2.05) is 17.7 Å². The molecule has 0 radical (unpaired) electrons. The average molecular weight is 266 g/mol. The predicted octanol–water partition coefficient (Wildman–Crippen LogP) is 0.245. The molecule has 1 aliphatic heterocycles. The Labute approximate surface area is 111 Å². The molecule has 0 spiro atoms. The molecule has 0 aromatic carbocycles. The summed E-state index contributed by atoms with van der Waals surface area (Å²) in [5, 5.41) is 11.8. The molecule has 1 aromatic rings. The van der Waals surface area contributed by atoms with Gasteiger partial charge in [0.05, 0.1) is 12.2 Å². The van der Waals surface area contributed by atoms with Crippen LogP contribution >= 0.6 is 0 Å². The first kappa shape index (κ1) is 13.4. The van der Waals surface area contributed by atoms with E-state index in [9.17, 15) is 9.59 Å². The number of likely N-dealkylation sites (tertiary alicyclic amines) is 1. The summed E-state index contributed by atoms with van der Waals surface area (Å²) >= 11 is 0. The van der Waals surface area contributed by atoms with Crippen molar-refractivity contribution in [3.63, 3.8) is 0 Å². The van der Waals surface area contributed by atoms with Crippen molar-refractivity contribution in [2.75, 3.05) is 19.6 Å². The van der Waals surface area contributed by atoms with E-state index in [4.69, 9.17) is 5.11 Å². The number of hydrogen-bond donors (Lipinski definition) is 2. The van der Waals surface area contributed by atoms with E-state index in [1.54, 1.807) is 17.4 Å². The second-order valence-corrected chi connectivity index (χ2v) is 4.86. The third kappa shape index (κ3) is 3.24. The number of carbonyl (C=O) groups is 2. The zero-order chi connectivity index (χ0) is 13.8. The van der Waals surface area contributed by atoms with Crippen molar-refractivity contribution >= 4 is 12.0 Å². The largest absolute Gasteiger partial charge is 0.481 e. The smallest absolute Gasteiger partial charge is 0.317 e. The van der Waals surface area contributed by atoms with E-state index in [0.717, 1.165) is 0 Å². The van der Waals surface area contributed by atoms with Gasteiger partial charge in [0.2, 0.25) is 0 Å². The number of nitrogens with one attached hydrogen (secondary N) is 1. The number of amides is 2. The van der Waals surface area contributed by atoms with Crippen molar-refractivity contribution in [3.05, 3.63) is 18.7 Å². The molecule has 2 amide bonds. The highest BCUT2D eigenvalue weighted by Gasteiger charge is 2.36. The van der Waals surface area contributed by atoms with Gasteiger partial charge < -0.3 is 19.9 Å². The number of aliphatic carboxylic acids is 1. The van der Waals surface area contributed by atoms with Crippen LogP contribution in [0.3, 0.4) is 0 Å². The molecule has 1 fully saturated rings. The van der Waals surface area contributed by atoms with Crippen LogP contribution in [0.5, 0.6) is 0 Å². The Balaban J connectivity index is 1.76. The number of urea groups is 1. The maximum atomic E-state index is 11.9. The van der Waals surface area contributed by atoms with Gasteiger partial charge >= 0.3 is 12.0 Å². The molecule has 2 rings (SSSR count). The molecule has 2 heterocycles. The number of aromatic nitrogens is 2. The average Bonchev–Trinajstić information content (AvgIpc) is 2.98. The summed E-state index contributed by atoms with van der Waals surface area (Å²) in [4.78, 5) is 28.3. The van der Waals surface area contributed by atoms with Crippen LogP contribution in [0.25, 0.3) is 0 Å². The van der Waals surface area contributed by atoms with Crippen molar-refractivity contribution in [1.82, 2.24) is 19.8 Å². The normalized spacial score (nSPS) is 22.5. The lowest BCUT2D eigenvalue weighted by Crippen LogP contribution is -2.40. The number of nitrogens with zero attached hydrogens (tertiary/aromatic N) is 3. The number of imidazole rings is 1. The Morgan fingerprint density at radius 2 is 2.26 bits per heavy atom. The molecule has 104 valence electrons. The molecule has 2 atom stereocenters. The van der Waals surface area contributed by atoms with Gasteiger partial charge in [-0.25, -0.2) is 9.78 Å². The van der Waals surface area contributed by atoms with Crippen LogP contribution in [0.2, 0.25) is 0 Å². The standard InChI is InChI=1S/C12H18N4O3/c1-9-6-16(7-10(9)11(17)18)12(19)14-3-5-15-4-2-13-8-15/h2,4,8-10H,3,5-7H2,1H3,(H,14,19)(H,17,18)/t9-,10-/m1/s1. The van der Waals surface area contributed by atoms with Crippen molar-refractivity contribution in [2.45, 2.75) is 13.5 Å². The third-order valence-corrected chi connectivity index (χ3v) is 3.42. The minimum absolute atomic E-state index is 0.00287. The zero-order valence-corrected chi connectivity index (χ0v) is 10.8. The van der Waals surface area contributed by atoms with Crippen LogP contribution in [0, 0.1) is 11.8 Å². The van der Waals surface area contributed by atoms with Gasteiger partial charge in [0.15, 0.2) is 0 Å². The molecule has 7 nitrogen and oxygen atoms in total. The van der Waals surface area contributed by atoms with Crippen LogP contribution in [0.15, 0.2) is 18.7 Å². The highest BCUT2D eigenvalue weighted by Crippen LogP contribution is 2.22. The van der Waals surface area contributed by atoms with Gasteiger partial charge in [0.1, 0.15) is 0 Å². The summed E-state index contributed by atoms with van der Waals surface area (Å²) in [6.45, 7) is 3.79. The van der Waals surface area contributed by atoms with Gasteiger partial charge in [-0.15, -0.1) is 0 Å². The number of carbonyl (C=O) groups excluding carboxylic acids is 1. The summed E-state index contributed by atoms with van der Waals surface area (Å²) < 4.78 is 1.87. The molecular weight excluding hydrogens is 248 g/mol. The first-order chi connectivity index (χ1) is 9.08. The first-order valence-electron chi connectivity index (χ1n) is 6.29. The summed E-state index contributed by atoms with van der Waals surface area (Å²) in [5.74, 6) is -1.29. The number of hydrogen-bond acceptors (Lipinski definition) is 3. The van der Waals surface area contributed by atoms with Crippen LogP contribution in [0.4, 0.5) is 4.79 Å². The summed E-state index contributed by atoms with van der Waals surface area (Å²) in [7, 11) is 0. The van der Waals surface area contributed by atoms with Gasteiger partial charge in [-0.3, -0.25) is 4.79 Å². The van der Waals surface area contributed by atoms with Gasteiger partial charge in [0.25, 0.3) is 0 Å². The molecule has 0 aliphatic carbocycles. The van der Waals surface area contributed by atoms with Crippen molar-refractivity contribution in [2.24, 2.45) is 11.8 Å². The van der Waals surface area contributed by atoms with E-state index in [-0.39, 0.29) is 18.5 Å².